The summed E-state index contributed by atoms with van der Waals surface area (Å²) in [5, 5.41) is 3.12. The zero-order valence-electron chi connectivity index (χ0n) is 10.9. The van der Waals surface area contributed by atoms with Crippen LogP contribution in [-0.4, -0.2) is 36.1 Å². The second-order valence-electron chi connectivity index (χ2n) is 4.81. The number of anilines is 1. The summed E-state index contributed by atoms with van der Waals surface area (Å²) >= 11 is 5.12. The zero-order valence-corrected chi connectivity index (χ0v) is 13.3. The van der Waals surface area contributed by atoms with Crippen LogP contribution in [0, 0.1) is 5.82 Å². The highest BCUT2D eigenvalue weighted by molar-refractivity contribution is 9.10. The highest BCUT2D eigenvalue weighted by Gasteiger charge is 2.19. The molecule has 0 atom stereocenters. The van der Waals surface area contributed by atoms with E-state index in [2.05, 4.69) is 30.7 Å². The molecule has 20 heavy (non-hydrogen) atoms. The van der Waals surface area contributed by atoms with Crippen molar-refractivity contribution < 1.29 is 4.39 Å². The fourth-order valence-electron chi connectivity index (χ4n) is 2.36. The van der Waals surface area contributed by atoms with Gasteiger partial charge in [0.15, 0.2) is 5.13 Å². The molecule has 1 aromatic carbocycles. The lowest BCUT2D eigenvalue weighted by Crippen LogP contribution is -2.45. The number of halogens is 2. The number of aromatic nitrogens is 1. The van der Waals surface area contributed by atoms with Crippen molar-refractivity contribution in [2.75, 3.05) is 31.1 Å². The Morgan fingerprint density at radius 2 is 2.05 bits per heavy atom. The lowest BCUT2D eigenvalue weighted by atomic mass is 10.2. The summed E-state index contributed by atoms with van der Waals surface area (Å²) in [5.74, 6) is -0.200. The lowest BCUT2D eigenvalue weighted by Gasteiger charge is -2.34. The predicted molar refractivity (Wildman–Crippen MR) is 83.7 cm³/mol. The lowest BCUT2D eigenvalue weighted by molar-refractivity contribution is 0.249. The topological polar surface area (TPSA) is 19.4 Å². The molecule has 0 bridgehead atoms. The Kier molecular flexibility index (Phi) is 4.33. The molecule has 106 valence electrons. The van der Waals surface area contributed by atoms with Crippen LogP contribution in [0.2, 0.25) is 0 Å². The Hall–Kier alpha value is -0.980. The SMILES string of the molecule is Fc1ccc(CN2CCN(c3nccs3)CC2)c(Br)c1. The first-order valence-corrected chi connectivity index (χ1v) is 8.20. The normalized spacial score (nSPS) is 16.6. The maximum atomic E-state index is 13.1. The zero-order chi connectivity index (χ0) is 13.9. The van der Waals surface area contributed by atoms with E-state index >= 15 is 0 Å². The highest BCUT2D eigenvalue weighted by atomic mass is 79.9. The molecular weight excluding hydrogens is 341 g/mol. The predicted octanol–water partition coefficient (Wildman–Crippen LogP) is 3.37. The van der Waals surface area contributed by atoms with Crippen molar-refractivity contribution in [2.24, 2.45) is 0 Å². The maximum Gasteiger partial charge on any atom is 0.185 e. The van der Waals surface area contributed by atoms with E-state index in [4.69, 9.17) is 0 Å². The van der Waals surface area contributed by atoms with Crippen molar-refractivity contribution in [2.45, 2.75) is 6.54 Å². The Balaban J connectivity index is 1.58. The molecule has 0 amide bonds. The molecule has 0 unspecified atom stereocenters. The maximum absolute atomic E-state index is 13.1. The van der Waals surface area contributed by atoms with Crippen molar-refractivity contribution in [3.63, 3.8) is 0 Å². The quantitative estimate of drug-likeness (QED) is 0.841. The van der Waals surface area contributed by atoms with Crippen molar-refractivity contribution >= 4 is 32.4 Å². The monoisotopic (exact) mass is 355 g/mol. The van der Waals surface area contributed by atoms with Crippen molar-refractivity contribution in [1.82, 2.24) is 9.88 Å². The summed E-state index contributed by atoms with van der Waals surface area (Å²) in [6.07, 6.45) is 1.85. The molecule has 1 aliphatic heterocycles. The first kappa shape index (κ1) is 14.0. The van der Waals surface area contributed by atoms with Crippen LogP contribution in [0.3, 0.4) is 0 Å². The number of hydrogen-bond donors (Lipinski definition) is 0. The van der Waals surface area contributed by atoms with Gasteiger partial charge in [0, 0.05) is 48.8 Å². The van der Waals surface area contributed by atoms with E-state index in [0.717, 1.165) is 47.9 Å². The summed E-state index contributed by atoms with van der Waals surface area (Å²) in [6.45, 7) is 4.85. The van der Waals surface area contributed by atoms with Crippen LogP contribution in [-0.2, 0) is 6.54 Å². The van der Waals surface area contributed by atoms with E-state index < -0.39 is 0 Å². The molecule has 0 aliphatic carbocycles. The van der Waals surface area contributed by atoms with Crippen LogP contribution in [0.15, 0.2) is 34.2 Å². The molecule has 0 spiro atoms. The number of thiazole rings is 1. The van der Waals surface area contributed by atoms with Crippen LogP contribution in [0.4, 0.5) is 9.52 Å². The fraction of sp³-hybridized carbons (Fsp3) is 0.357. The van der Waals surface area contributed by atoms with Gasteiger partial charge in [0.1, 0.15) is 5.82 Å². The number of benzene rings is 1. The van der Waals surface area contributed by atoms with Gasteiger partial charge in [-0.3, -0.25) is 4.90 Å². The van der Waals surface area contributed by atoms with Crippen LogP contribution in [0.5, 0.6) is 0 Å². The second-order valence-corrected chi connectivity index (χ2v) is 6.54. The van der Waals surface area contributed by atoms with Gasteiger partial charge in [0.2, 0.25) is 0 Å². The minimum absolute atomic E-state index is 0.200. The average molecular weight is 356 g/mol. The van der Waals surface area contributed by atoms with E-state index in [9.17, 15) is 4.39 Å². The molecule has 3 nitrogen and oxygen atoms in total. The first-order valence-electron chi connectivity index (χ1n) is 6.53. The number of nitrogens with zero attached hydrogens (tertiary/aromatic N) is 3. The van der Waals surface area contributed by atoms with Crippen molar-refractivity contribution in [3.05, 3.63) is 45.6 Å². The van der Waals surface area contributed by atoms with Crippen LogP contribution < -0.4 is 4.90 Å². The molecule has 1 aromatic heterocycles. The average Bonchev–Trinajstić information content (AvgIpc) is 2.97. The Morgan fingerprint density at radius 1 is 1.25 bits per heavy atom. The number of hydrogen-bond acceptors (Lipinski definition) is 4. The number of rotatable bonds is 3. The van der Waals surface area contributed by atoms with E-state index in [1.165, 1.54) is 12.1 Å². The Bertz CT molecular complexity index is 568. The van der Waals surface area contributed by atoms with E-state index in [1.807, 2.05) is 17.6 Å². The van der Waals surface area contributed by atoms with Crippen LogP contribution in [0.1, 0.15) is 5.56 Å². The summed E-state index contributed by atoms with van der Waals surface area (Å²) in [5.41, 5.74) is 1.13. The second kappa shape index (κ2) is 6.20. The summed E-state index contributed by atoms with van der Waals surface area (Å²) < 4.78 is 13.9. The van der Waals surface area contributed by atoms with E-state index in [0.29, 0.717) is 0 Å². The van der Waals surface area contributed by atoms with Gasteiger partial charge in [-0.15, -0.1) is 11.3 Å². The molecule has 2 aromatic rings. The largest absolute Gasteiger partial charge is 0.346 e. The van der Waals surface area contributed by atoms with E-state index in [1.54, 1.807) is 11.3 Å². The molecule has 0 saturated carbocycles. The standard InChI is InChI=1S/C14H15BrFN3S/c15-13-9-12(16)2-1-11(13)10-18-4-6-19(7-5-18)14-17-3-8-20-14/h1-3,8-9H,4-7,10H2. The van der Waals surface area contributed by atoms with Crippen molar-refractivity contribution in [3.8, 4) is 0 Å². The first-order chi connectivity index (χ1) is 9.72. The van der Waals surface area contributed by atoms with Gasteiger partial charge < -0.3 is 4.90 Å². The van der Waals surface area contributed by atoms with Crippen molar-refractivity contribution in [1.29, 1.82) is 0 Å². The third-order valence-electron chi connectivity index (χ3n) is 3.47. The Morgan fingerprint density at radius 3 is 2.70 bits per heavy atom. The fourth-order valence-corrected chi connectivity index (χ4v) is 3.53. The molecule has 0 N–H and O–H groups in total. The molecular formula is C14H15BrFN3S. The van der Waals surface area contributed by atoms with Crippen LogP contribution in [0.25, 0.3) is 0 Å². The van der Waals surface area contributed by atoms with Gasteiger partial charge in [-0.25, -0.2) is 9.37 Å². The Labute approximate surface area is 130 Å². The molecule has 1 saturated heterocycles. The smallest absolute Gasteiger partial charge is 0.185 e. The van der Waals surface area contributed by atoms with Gasteiger partial charge >= 0.3 is 0 Å². The summed E-state index contributed by atoms with van der Waals surface area (Å²) in [7, 11) is 0. The summed E-state index contributed by atoms with van der Waals surface area (Å²) in [4.78, 5) is 9.06. The van der Waals surface area contributed by atoms with Gasteiger partial charge in [-0.2, -0.15) is 0 Å². The third kappa shape index (κ3) is 3.19. The van der Waals surface area contributed by atoms with E-state index in [-0.39, 0.29) is 5.82 Å². The minimum Gasteiger partial charge on any atom is -0.346 e. The molecule has 6 heteroatoms. The molecule has 1 fully saturated rings. The van der Waals surface area contributed by atoms with Gasteiger partial charge in [-0.05, 0) is 17.7 Å². The summed E-state index contributed by atoms with van der Waals surface area (Å²) in [6, 6.07) is 4.90. The van der Waals surface area contributed by atoms with Gasteiger partial charge in [-0.1, -0.05) is 22.0 Å². The number of piperazine rings is 1. The highest BCUT2D eigenvalue weighted by Crippen LogP contribution is 2.22. The third-order valence-corrected chi connectivity index (χ3v) is 5.04. The van der Waals surface area contributed by atoms with Gasteiger partial charge in [0.25, 0.3) is 0 Å². The molecule has 1 aliphatic rings. The molecule has 3 rings (SSSR count). The molecule has 2 heterocycles. The van der Waals surface area contributed by atoms with Gasteiger partial charge in [0.05, 0.1) is 0 Å². The minimum atomic E-state index is -0.200. The van der Waals surface area contributed by atoms with Crippen LogP contribution >= 0.6 is 27.3 Å². The molecule has 0 radical (unpaired) electrons.